The Bertz CT molecular complexity index is 1500. The Hall–Kier alpha value is -4.59. The Labute approximate surface area is 206 Å². The van der Waals surface area contributed by atoms with Gasteiger partial charge in [0.15, 0.2) is 0 Å². The van der Waals surface area contributed by atoms with Crippen LogP contribution < -0.4 is 5.32 Å². The van der Waals surface area contributed by atoms with Crippen LogP contribution in [0.1, 0.15) is 57.6 Å². The lowest BCUT2D eigenvalue weighted by Gasteiger charge is -2.52. The molecule has 3 aliphatic carbocycles. The second kappa shape index (κ2) is 7.71. The number of fused-ring (bicyclic) bond motifs is 1. The molecule has 0 saturated carbocycles. The Kier molecular flexibility index (Phi) is 4.69. The van der Waals surface area contributed by atoms with Crippen LogP contribution in [0.15, 0.2) is 85.1 Å². The molecule has 0 aliphatic heterocycles. The zero-order chi connectivity index (χ0) is 25.1. The summed E-state index contributed by atoms with van der Waals surface area (Å²) in [6.07, 6.45) is 1.39. The number of H-pyrrole nitrogens is 1. The summed E-state index contributed by atoms with van der Waals surface area (Å²) in [6, 6.07) is 23.4. The highest BCUT2D eigenvalue weighted by Crippen LogP contribution is 2.63. The van der Waals surface area contributed by atoms with Gasteiger partial charge >= 0.3 is 0 Å². The maximum absolute atomic E-state index is 13.8. The van der Waals surface area contributed by atoms with Crippen molar-refractivity contribution in [3.05, 3.63) is 129 Å². The SMILES string of the molecule is CC1(C(=O)Nc2ncc(C(=O)c3ccccc3)[nH]2)CC2([N+](=O)[O-])c3ccccc3C1c1ccccc12. The van der Waals surface area contributed by atoms with Crippen molar-refractivity contribution in [2.45, 2.75) is 24.8 Å². The summed E-state index contributed by atoms with van der Waals surface area (Å²) in [5.74, 6) is -0.886. The average molecular weight is 479 g/mol. The number of rotatable bonds is 5. The van der Waals surface area contributed by atoms with E-state index in [9.17, 15) is 19.7 Å². The number of aromatic amines is 1. The number of anilines is 1. The molecular weight excluding hydrogens is 456 g/mol. The molecule has 36 heavy (non-hydrogen) atoms. The number of nitro groups is 1. The number of ketones is 1. The maximum atomic E-state index is 13.8. The summed E-state index contributed by atoms with van der Waals surface area (Å²) >= 11 is 0. The molecule has 0 saturated heterocycles. The van der Waals surface area contributed by atoms with Crippen LogP contribution in [0.25, 0.3) is 0 Å². The molecule has 8 nitrogen and oxygen atoms in total. The first-order valence-electron chi connectivity index (χ1n) is 11.7. The first-order valence-corrected chi connectivity index (χ1v) is 11.7. The molecule has 3 aromatic carbocycles. The normalized spacial score (nSPS) is 23.4. The molecule has 7 rings (SSSR count). The third kappa shape index (κ3) is 2.90. The van der Waals surface area contributed by atoms with Gasteiger partial charge in [-0.15, -0.1) is 0 Å². The van der Waals surface area contributed by atoms with E-state index in [2.05, 4.69) is 15.3 Å². The fraction of sp³-hybridized carbons (Fsp3) is 0.179. The molecular formula is C28H22N4O4. The van der Waals surface area contributed by atoms with Crippen LogP contribution >= 0.6 is 0 Å². The molecule has 2 bridgehead atoms. The zero-order valence-electron chi connectivity index (χ0n) is 19.4. The molecule has 1 atom stereocenters. The van der Waals surface area contributed by atoms with Crippen LogP contribution in [0, 0.1) is 15.5 Å². The van der Waals surface area contributed by atoms with Crippen LogP contribution in [-0.4, -0.2) is 26.6 Å². The van der Waals surface area contributed by atoms with E-state index in [1.54, 1.807) is 55.5 Å². The molecule has 4 aromatic rings. The molecule has 1 heterocycles. The number of nitrogens with one attached hydrogen (secondary N) is 2. The van der Waals surface area contributed by atoms with E-state index in [-0.39, 0.29) is 34.7 Å². The van der Waals surface area contributed by atoms with Gasteiger partial charge in [-0.05, 0) is 18.1 Å². The lowest BCUT2D eigenvalue weighted by molar-refractivity contribution is -0.573. The number of hydrogen-bond acceptors (Lipinski definition) is 5. The molecule has 1 unspecified atom stereocenters. The van der Waals surface area contributed by atoms with Crippen LogP contribution in [0.4, 0.5) is 5.95 Å². The van der Waals surface area contributed by atoms with Crippen molar-refractivity contribution < 1.29 is 14.5 Å². The molecule has 1 amide bonds. The summed E-state index contributed by atoms with van der Waals surface area (Å²) in [5.41, 5.74) is 0.918. The van der Waals surface area contributed by atoms with Crippen molar-refractivity contribution in [1.29, 1.82) is 0 Å². The predicted molar refractivity (Wildman–Crippen MR) is 132 cm³/mol. The Balaban J connectivity index is 1.39. The fourth-order valence-corrected chi connectivity index (χ4v) is 6.04. The van der Waals surface area contributed by atoms with E-state index in [4.69, 9.17) is 0 Å². The highest BCUT2D eigenvalue weighted by Gasteiger charge is 2.67. The van der Waals surface area contributed by atoms with Gasteiger partial charge in [0.2, 0.25) is 17.6 Å². The first-order chi connectivity index (χ1) is 17.4. The Morgan fingerprint density at radius 1 is 0.972 bits per heavy atom. The number of aromatic nitrogens is 2. The first kappa shape index (κ1) is 21.9. The number of carbonyl (C=O) groups excluding carboxylic acids is 2. The Morgan fingerprint density at radius 2 is 1.56 bits per heavy atom. The quantitative estimate of drug-likeness (QED) is 0.246. The van der Waals surface area contributed by atoms with Gasteiger partial charge in [-0.3, -0.25) is 25.0 Å². The summed E-state index contributed by atoms with van der Waals surface area (Å²) in [4.78, 5) is 46.2. The van der Waals surface area contributed by atoms with E-state index >= 15 is 0 Å². The minimum atomic E-state index is -1.54. The predicted octanol–water partition coefficient (Wildman–Crippen LogP) is 4.66. The van der Waals surface area contributed by atoms with Gasteiger partial charge in [0.1, 0.15) is 5.69 Å². The fourth-order valence-electron chi connectivity index (χ4n) is 6.04. The van der Waals surface area contributed by atoms with E-state index in [1.165, 1.54) is 6.20 Å². The van der Waals surface area contributed by atoms with E-state index < -0.39 is 16.9 Å². The van der Waals surface area contributed by atoms with Crippen molar-refractivity contribution in [3.63, 3.8) is 0 Å². The molecule has 178 valence electrons. The number of imidazole rings is 1. The average Bonchev–Trinajstić information content (AvgIpc) is 3.37. The molecule has 0 spiro atoms. The second-order valence-corrected chi connectivity index (χ2v) is 9.61. The minimum Gasteiger partial charge on any atom is -0.321 e. The van der Waals surface area contributed by atoms with Crippen LogP contribution in [0.5, 0.6) is 0 Å². The van der Waals surface area contributed by atoms with Crippen molar-refractivity contribution in [3.8, 4) is 0 Å². The number of nitrogens with zero attached hydrogens (tertiary/aromatic N) is 2. The summed E-state index contributed by atoms with van der Waals surface area (Å²) in [5, 5.41) is 15.6. The molecule has 0 radical (unpaired) electrons. The van der Waals surface area contributed by atoms with Gasteiger partial charge in [-0.1, -0.05) is 78.9 Å². The van der Waals surface area contributed by atoms with E-state index in [0.717, 1.165) is 11.1 Å². The largest absolute Gasteiger partial charge is 0.321 e. The third-order valence-electron chi connectivity index (χ3n) is 7.61. The van der Waals surface area contributed by atoms with Crippen LogP contribution in [-0.2, 0) is 10.3 Å². The summed E-state index contributed by atoms with van der Waals surface area (Å²) in [7, 11) is 0. The van der Waals surface area contributed by atoms with Crippen molar-refractivity contribution in [1.82, 2.24) is 9.97 Å². The van der Waals surface area contributed by atoms with Crippen LogP contribution in [0.2, 0.25) is 0 Å². The third-order valence-corrected chi connectivity index (χ3v) is 7.61. The number of carbonyl (C=O) groups is 2. The Morgan fingerprint density at radius 3 is 2.17 bits per heavy atom. The van der Waals surface area contributed by atoms with Gasteiger partial charge in [0.05, 0.1) is 11.6 Å². The molecule has 2 N–H and O–H groups in total. The smallest absolute Gasteiger partial charge is 0.273 e. The zero-order valence-corrected chi connectivity index (χ0v) is 19.4. The van der Waals surface area contributed by atoms with Gasteiger partial charge < -0.3 is 4.98 Å². The highest BCUT2D eigenvalue weighted by molar-refractivity contribution is 6.08. The van der Waals surface area contributed by atoms with Gasteiger partial charge in [-0.25, -0.2) is 4.98 Å². The lowest BCUT2D eigenvalue weighted by Crippen LogP contribution is -2.57. The summed E-state index contributed by atoms with van der Waals surface area (Å²) in [6.45, 7) is 1.77. The molecule has 1 aromatic heterocycles. The minimum absolute atomic E-state index is 0.00797. The van der Waals surface area contributed by atoms with Gasteiger partial charge in [-0.2, -0.15) is 0 Å². The number of hydrogen-bond donors (Lipinski definition) is 2. The van der Waals surface area contributed by atoms with Crippen molar-refractivity contribution >= 4 is 17.6 Å². The number of benzene rings is 3. The monoisotopic (exact) mass is 478 g/mol. The topological polar surface area (TPSA) is 118 Å². The van der Waals surface area contributed by atoms with E-state index in [1.807, 2.05) is 30.3 Å². The lowest BCUT2D eigenvalue weighted by atomic mass is 9.49. The maximum Gasteiger partial charge on any atom is 0.273 e. The summed E-state index contributed by atoms with van der Waals surface area (Å²) < 4.78 is 0. The van der Waals surface area contributed by atoms with Crippen molar-refractivity contribution in [2.24, 2.45) is 5.41 Å². The number of amides is 1. The molecule has 3 aliphatic rings. The van der Waals surface area contributed by atoms with Crippen molar-refractivity contribution in [2.75, 3.05) is 5.32 Å². The second-order valence-electron chi connectivity index (χ2n) is 9.61. The van der Waals surface area contributed by atoms with Gasteiger partial charge in [0, 0.05) is 34.0 Å². The molecule has 8 heteroatoms. The van der Waals surface area contributed by atoms with E-state index in [0.29, 0.717) is 16.7 Å². The highest BCUT2D eigenvalue weighted by atomic mass is 16.6. The van der Waals surface area contributed by atoms with Gasteiger partial charge in [0.25, 0.3) is 5.54 Å². The standard InChI is InChI=1S/C28H22N4O4/c1-27(25(34)31-26-29-15-22(30-26)24(33)17-9-3-2-4-10-17)16-28(32(35)36)20-13-7-5-11-18(20)23(27)19-12-6-8-14-21(19)28/h2-15,23H,16H2,1H3,(H2,29,30,31,34). The molecule has 0 fully saturated rings. The van der Waals surface area contributed by atoms with Crippen LogP contribution in [0.3, 0.4) is 0 Å².